The number of hydrogen-bond acceptors (Lipinski definition) is 4. The van der Waals surface area contributed by atoms with Gasteiger partial charge in [-0.05, 0) is 19.1 Å². The maximum absolute atomic E-state index is 13.5. The van der Waals surface area contributed by atoms with Crippen LogP contribution in [0.15, 0.2) is 29.7 Å². The van der Waals surface area contributed by atoms with Gasteiger partial charge in [0.15, 0.2) is 22.6 Å². The van der Waals surface area contributed by atoms with Gasteiger partial charge in [0.2, 0.25) is 11.8 Å². The average molecular weight is 372 g/mol. The van der Waals surface area contributed by atoms with Crippen LogP contribution < -0.4 is 10.6 Å². The molecule has 0 radical (unpaired) electrons. The van der Waals surface area contributed by atoms with E-state index >= 15 is 0 Å². The third kappa shape index (κ3) is 4.75. The molecule has 134 valence electrons. The smallest absolute Gasteiger partial charge is 0.243 e. The third-order valence-electron chi connectivity index (χ3n) is 3.16. The summed E-state index contributed by atoms with van der Waals surface area (Å²) in [6, 6.07) is 1.59. The van der Waals surface area contributed by atoms with Gasteiger partial charge in [-0.15, -0.1) is 0 Å². The number of aromatic nitrogens is 2. The molecular weight excluding hydrogens is 357 g/mol. The van der Waals surface area contributed by atoms with Crippen molar-refractivity contribution in [3.05, 3.63) is 42.0 Å². The Morgan fingerprint density at radius 1 is 1.28 bits per heavy atom. The van der Waals surface area contributed by atoms with Crippen molar-refractivity contribution in [1.82, 2.24) is 14.9 Å². The number of hydrogen-bond donors (Lipinski definition) is 2. The highest BCUT2D eigenvalue weighted by Crippen LogP contribution is 2.21. The van der Waals surface area contributed by atoms with Crippen molar-refractivity contribution in [1.29, 1.82) is 0 Å². The molecule has 0 aliphatic carbocycles. The van der Waals surface area contributed by atoms with E-state index in [0.717, 1.165) is 6.07 Å². The van der Waals surface area contributed by atoms with Crippen molar-refractivity contribution in [2.45, 2.75) is 17.3 Å². The van der Waals surface area contributed by atoms with Gasteiger partial charge in [-0.25, -0.2) is 18.2 Å². The largest absolute Gasteiger partial charge is 0.346 e. The molecule has 0 bridgehead atoms. The van der Waals surface area contributed by atoms with E-state index in [1.807, 2.05) is 0 Å². The van der Waals surface area contributed by atoms with Gasteiger partial charge in [0.25, 0.3) is 0 Å². The maximum Gasteiger partial charge on any atom is 0.243 e. The van der Waals surface area contributed by atoms with Crippen LogP contribution in [0, 0.1) is 17.5 Å². The summed E-state index contributed by atoms with van der Waals surface area (Å²) >= 11 is 1.20. The molecule has 1 aromatic heterocycles. The predicted molar refractivity (Wildman–Crippen MR) is 86.5 cm³/mol. The number of amides is 2. The number of aryl methyl sites for hydroxylation is 1. The second-order valence-corrected chi connectivity index (χ2v) is 6.38. The van der Waals surface area contributed by atoms with Gasteiger partial charge in [0, 0.05) is 19.4 Å². The van der Waals surface area contributed by atoms with Crippen molar-refractivity contribution in [3.8, 4) is 0 Å². The molecule has 0 spiro atoms. The average Bonchev–Trinajstić information content (AvgIpc) is 2.98. The minimum atomic E-state index is -1.68. The lowest BCUT2D eigenvalue weighted by Gasteiger charge is -2.12. The zero-order chi connectivity index (χ0) is 18.6. The summed E-state index contributed by atoms with van der Waals surface area (Å²) in [5.41, 5.74) is -0.506. The van der Waals surface area contributed by atoms with Crippen LogP contribution in [-0.2, 0) is 16.6 Å². The molecule has 2 aromatic rings. The molecule has 1 atom stereocenters. The highest BCUT2D eigenvalue weighted by molar-refractivity contribution is 8.00. The zero-order valence-electron chi connectivity index (χ0n) is 13.3. The Balaban J connectivity index is 1.86. The van der Waals surface area contributed by atoms with Crippen molar-refractivity contribution >= 4 is 29.3 Å². The van der Waals surface area contributed by atoms with Crippen LogP contribution in [0.1, 0.15) is 6.92 Å². The number of benzene rings is 1. The van der Waals surface area contributed by atoms with Gasteiger partial charge in [-0.2, -0.15) is 0 Å². The van der Waals surface area contributed by atoms with Crippen LogP contribution >= 0.6 is 11.8 Å². The fourth-order valence-corrected chi connectivity index (χ4v) is 2.66. The number of nitrogens with one attached hydrogen (secondary N) is 2. The molecule has 0 saturated carbocycles. The number of carbonyl (C=O) groups excluding carboxylic acids is 2. The first-order valence-electron chi connectivity index (χ1n) is 7.14. The molecule has 1 heterocycles. The molecule has 6 nitrogen and oxygen atoms in total. The molecule has 0 fully saturated rings. The molecule has 1 unspecified atom stereocenters. The Bertz CT molecular complexity index is 797. The van der Waals surface area contributed by atoms with Crippen molar-refractivity contribution in [3.63, 3.8) is 0 Å². The predicted octanol–water partition coefficient (Wildman–Crippen LogP) is 2.07. The second kappa shape index (κ2) is 8.06. The molecule has 0 aliphatic heterocycles. The SMILES string of the molecule is CC(Sc1nccn1C)C(=O)NCC(=O)Nc1ccc(F)c(F)c1F. The van der Waals surface area contributed by atoms with Crippen LogP contribution in [-0.4, -0.2) is 33.2 Å². The summed E-state index contributed by atoms with van der Waals surface area (Å²) in [5.74, 6) is -5.73. The van der Waals surface area contributed by atoms with Gasteiger partial charge in [0.1, 0.15) is 0 Å². The summed E-state index contributed by atoms with van der Waals surface area (Å²) in [6.07, 6.45) is 3.33. The maximum atomic E-state index is 13.5. The summed E-state index contributed by atoms with van der Waals surface area (Å²) in [4.78, 5) is 27.8. The normalized spacial score (nSPS) is 11.9. The number of rotatable bonds is 6. The summed E-state index contributed by atoms with van der Waals surface area (Å²) in [5, 5.41) is 4.56. The van der Waals surface area contributed by atoms with Crippen LogP contribution in [0.2, 0.25) is 0 Å². The Hall–Kier alpha value is -2.49. The lowest BCUT2D eigenvalue weighted by molar-refractivity contribution is -0.123. The summed E-state index contributed by atoms with van der Waals surface area (Å²) in [6.45, 7) is 1.20. The fraction of sp³-hybridized carbons (Fsp3) is 0.267. The van der Waals surface area contributed by atoms with E-state index in [4.69, 9.17) is 0 Å². The van der Waals surface area contributed by atoms with E-state index in [2.05, 4.69) is 15.6 Å². The first-order chi connectivity index (χ1) is 11.8. The van der Waals surface area contributed by atoms with Crippen molar-refractivity contribution < 1.29 is 22.8 Å². The number of anilines is 1. The molecule has 25 heavy (non-hydrogen) atoms. The lowest BCUT2D eigenvalue weighted by atomic mass is 10.2. The van der Waals surface area contributed by atoms with Gasteiger partial charge < -0.3 is 15.2 Å². The lowest BCUT2D eigenvalue weighted by Crippen LogP contribution is -2.37. The Labute approximate surface area is 145 Å². The number of imidazole rings is 1. The molecule has 0 aliphatic rings. The van der Waals surface area contributed by atoms with Crippen molar-refractivity contribution in [2.24, 2.45) is 7.05 Å². The minimum absolute atomic E-state index is 0.422. The van der Waals surface area contributed by atoms with Crippen molar-refractivity contribution in [2.75, 3.05) is 11.9 Å². The zero-order valence-corrected chi connectivity index (χ0v) is 14.2. The van der Waals surface area contributed by atoms with E-state index in [0.29, 0.717) is 11.2 Å². The molecule has 2 N–H and O–H groups in total. The molecule has 2 amide bonds. The Morgan fingerprint density at radius 3 is 2.64 bits per heavy atom. The third-order valence-corrected chi connectivity index (χ3v) is 4.33. The summed E-state index contributed by atoms with van der Waals surface area (Å²) < 4.78 is 41.1. The topological polar surface area (TPSA) is 76.0 Å². The van der Waals surface area contributed by atoms with E-state index in [-0.39, 0.29) is 0 Å². The highest BCUT2D eigenvalue weighted by atomic mass is 32.2. The fourth-order valence-electron chi connectivity index (χ4n) is 1.81. The van der Waals surface area contributed by atoms with Crippen LogP contribution in [0.5, 0.6) is 0 Å². The van der Waals surface area contributed by atoms with E-state index < -0.39 is 46.7 Å². The molecule has 2 rings (SSSR count). The Kier molecular flexibility index (Phi) is 6.07. The minimum Gasteiger partial charge on any atom is -0.346 e. The second-order valence-electron chi connectivity index (χ2n) is 5.07. The molecule has 0 saturated heterocycles. The molecule has 1 aromatic carbocycles. The van der Waals surface area contributed by atoms with Crippen LogP contribution in [0.4, 0.5) is 18.9 Å². The van der Waals surface area contributed by atoms with E-state index in [9.17, 15) is 22.8 Å². The first kappa shape index (κ1) is 18.8. The van der Waals surface area contributed by atoms with Gasteiger partial charge >= 0.3 is 0 Å². The van der Waals surface area contributed by atoms with Gasteiger partial charge in [-0.1, -0.05) is 11.8 Å². The van der Waals surface area contributed by atoms with Crippen LogP contribution in [0.3, 0.4) is 0 Å². The number of halogens is 3. The van der Waals surface area contributed by atoms with Gasteiger partial charge in [0.05, 0.1) is 17.5 Å². The first-order valence-corrected chi connectivity index (χ1v) is 8.02. The molecular formula is C15H15F3N4O2S. The monoisotopic (exact) mass is 372 g/mol. The molecule has 10 heteroatoms. The standard InChI is InChI=1S/C15H15F3N4O2S/c1-8(25-15-19-5-6-22(15)2)14(24)20-7-11(23)21-10-4-3-9(16)12(17)13(10)18/h3-6,8H,7H2,1-2H3,(H,20,24)(H,21,23). The number of carbonyl (C=O) groups is 2. The van der Waals surface area contributed by atoms with E-state index in [1.165, 1.54) is 11.8 Å². The van der Waals surface area contributed by atoms with Gasteiger partial charge in [-0.3, -0.25) is 9.59 Å². The summed E-state index contributed by atoms with van der Waals surface area (Å²) in [7, 11) is 1.78. The van der Waals surface area contributed by atoms with Crippen LogP contribution in [0.25, 0.3) is 0 Å². The Morgan fingerprint density at radius 2 is 2.00 bits per heavy atom. The van der Waals surface area contributed by atoms with E-state index in [1.54, 1.807) is 30.9 Å². The quantitative estimate of drug-likeness (QED) is 0.601. The number of thioether (sulfide) groups is 1. The highest BCUT2D eigenvalue weighted by Gasteiger charge is 2.19. The number of nitrogens with zero attached hydrogens (tertiary/aromatic N) is 2.